The highest BCUT2D eigenvalue weighted by Crippen LogP contribution is 2.48. The van der Waals surface area contributed by atoms with E-state index >= 15 is 0 Å². The lowest BCUT2D eigenvalue weighted by molar-refractivity contribution is -0.146. The summed E-state index contributed by atoms with van der Waals surface area (Å²) in [6.45, 7) is 2.28. The number of H-pyrrole nitrogens is 1. The number of carbonyl (C=O) groups is 1. The fourth-order valence-electron chi connectivity index (χ4n) is 4.80. The number of rotatable bonds is 11. The zero-order valence-corrected chi connectivity index (χ0v) is 25.6. The van der Waals surface area contributed by atoms with Crippen LogP contribution in [0.4, 0.5) is 0 Å². The van der Waals surface area contributed by atoms with Crippen LogP contribution in [0, 0.1) is 4.77 Å². The summed E-state index contributed by atoms with van der Waals surface area (Å²) in [5, 5.41) is 26.2. The van der Waals surface area contributed by atoms with Crippen molar-refractivity contribution < 1.29 is 38.1 Å². The molecule has 6 atom stereocenters. The van der Waals surface area contributed by atoms with Gasteiger partial charge in [0.05, 0.1) is 6.61 Å². The maximum atomic E-state index is 14.3. The number of nitrogens with zero attached hydrogens (tertiary/aromatic N) is 1. The molecule has 4 aromatic rings. The molecule has 3 aromatic carbocycles. The highest BCUT2D eigenvalue weighted by atomic mass is 32.1. The average molecular weight is 642 g/mol. The van der Waals surface area contributed by atoms with E-state index in [-0.39, 0.29) is 17.1 Å². The minimum Gasteiger partial charge on any atom is -0.460 e. The van der Waals surface area contributed by atoms with Crippen LogP contribution in [0.15, 0.2) is 89.9 Å². The third kappa shape index (κ3) is 7.00. The summed E-state index contributed by atoms with van der Waals surface area (Å²) >= 11 is 5.20. The minimum atomic E-state index is -4.38. The molecule has 2 unspecified atom stereocenters. The van der Waals surface area contributed by atoms with Crippen molar-refractivity contribution in [1.82, 2.24) is 14.6 Å². The number of hydrogen-bond acceptors (Lipinski definition) is 10. The molecule has 12 nitrogen and oxygen atoms in total. The third-order valence-electron chi connectivity index (χ3n) is 7.16. The van der Waals surface area contributed by atoms with Gasteiger partial charge in [-0.05, 0) is 43.1 Å². The normalized spacial score (nSPS) is 23.6. The standard InChI is InChI=1S/C30H32N3O9PS/c1-19(27(36)39-17-20-9-4-3-5-10-20)32-43(38,42-23-14-8-12-21-11-6-7-13-22(21)23)40-18-24-26(35)30(2,37)28(41-24)33-16-15-25(34)31-29(33)44/h3-16,19,24,26,28,35,37H,17-18H2,1-2H3,(H,32,38)(H,31,34,44)/t19-,24+,26-,28+,30?,43?/m0/s1. The molecule has 0 radical (unpaired) electrons. The largest absolute Gasteiger partial charge is 0.460 e. The fraction of sp³-hybridized carbons (Fsp3) is 0.300. The quantitative estimate of drug-likeness (QED) is 0.106. The first-order valence-electron chi connectivity index (χ1n) is 13.7. The van der Waals surface area contributed by atoms with Crippen molar-refractivity contribution in [3.63, 3.8) is 0 Å². The number of aliphatic hydroxyl groups is 2. The first kappa shape index (κ1) is 31.7. The van der Waals surface area contributed by atoms with Gasteiger partial charge in [0.2, 0.25) is 0 Å². The molecular weight excluding hydrogens is 609 g/mol. The number of carbonyl (C=O) groups excluding carboxylic acids is 1. The van der Waals surface area contributed by atoms with Gasteiger partial charge in [0, 0.05) is 17.6 Å². The number of benzene rings is 3. The van der Waals surface area contributed by atoms with E-state index in [0.717, 1.165) is 10.9 Å². The lowest BCUT2D eigenvalue weighted by Crippen LogP contribution is -2.45. The number of esters is 1. The van der Waals surface area contributed by atoms with Crippen molar-refractivity contribution in [3.8, 4) is 5.75 Å². The maximum absolute atomic E-state index is 14.3. The molecule has 44 heavy (non-hydrogen) atoms. The van der Waals surface area contributed by atoms with Gasteiger partial charge in [-0.2, -0.15) is 5.09 Å². The van der Waals surface area contributed by atoms with Crippen LogP contribution < -0.4 is 15.2 Å². The number of fused-ring (bicyclic) bond motifs is 1. The van der Waals surface area contributed by atoms with Crippen molar-refractivity contribution in [2.24, 2.45) is 0 Å². The maximum Gasteiger partial charge on any atom is 0.459 e. The Morgan fingerprint density at radius 1 is 1.14 bits per heavy atom. The van der Waals surface area contributed by atoms with Crippen LogP contribution >= 0.6 is 20.0 Å². The molecule has 2 heterocycles. The summed E-state index contributed by atoms with van der Waals surface area (Å²) in [5.74, 6) is -0.479. The van der Waals surface area contributed by atoms with Crippen molar-refractivity contribution >= 4 is 36.7 Å². The number of aromatic amines is 1. The lowest BCUT2D eigenvalue weighted by Gasteiger charge is -2.28. The van der Waals surface area contributed by atoms with Crippen LogP contribution in [-0.4, -0.2) is 56.2 Å². The monoisotopic (exact) mass is 641 g/mol. The SMILES string of the molecule is C[C@H](NP(=O)(OC[C@H]1O[C@@H](n2ccc(=O)[nH]c2=S)C(C)(O)[C@H]1O)Oc1cccc2ccccc12)C(=O)OCc1ccccc1. The van der Waals surface area contributed by atoms with Gasteiger partial charge in [0.1, 0.15) is 36.2 Å². The van der Waals surface area contributed by atoms with Crippen LogP contribution in [-0.2, 0) is 30.0 Å². The van der Waals surface area contributed by atoms with Gasteiger partial charge in [0.25, 0.3) is 5.56 Å². The molecule has 232 valence electrons. The van der Waals surface area contributed by atoms with Crippen molar-refractivity contribution in [2.45, 2.75) is 50.5 Å². The van der Waals surface area contributed by atoms with E-state index in [9.17, 15) is 24.4 Å². The van der Waals surface area contributed by atoms with E-state index in [2.05, 4.69) is 10.1 Å². The van der Waals surface area contributed by atoms with Gasteiger partial charge in [-0.25, -0.2) is 4.57 Å². The van der Waals surface area contributed by atoms with E-state index in [0.29, 0.717) is 5.39 Å². The average Bonchev–Trinajstić information content (AvgIpc) is 3.23. The summed E-state index contributed by atoms with van der Waals surface area (Å²) in [6.07, 6.45) is -2.63. The Morgan fingerprint density at radius 2 is 1.84 bits per heavy atom. The van der Waals surface area contributed by atoms with E-state index < -0.39 is 56.0 Å². The molecule has 1 aliphatic heterocycles. The first-order chi connectivity index (χ1) is 21.0. The summed E-state index contributed by atoms with van der Waals surface area (Å²) < 4.78 is 38.5. The Kier molecular flexibility index (Phi) is 9.47. The zero-order chi connectivity index (χ0) is 31.5. The molecule has 0 amide bonds. The molecule has 0 saturated carbocycles. The lowest BCUT2D eigenvalue weighted by atomic mass is 9.96. The van der Waals surface area contributed by atoms with Crippen molar-refractivity contribution in [3.05, 3.63) is 106 Å². The Balaban J connectivity index is 1.36. The second-order valence-electron chi connectivity index (χ2n) is 10.5. The number of ether oxygens (including phenoxy) is 2. The molecule has 5 rings (SSSR count). The molecule has 0 bridgehead atoms. The number of hydrogen-bond donors (Lipinski definition) is 4. The fourth-order valence-corrected chi connectivity index (χ4v) is 6.58. The van der Waals surface area contributed by atoms with Crippen LogP contribution in [0.5, 0.6) is 5.75 Å². The topological polar surface area (TPSA) is 161 Å². The van der Waals surface area contributed by atoms with E-state index in [1.807, 2.05) is 36.4 Å². The number of nitrogens with one attached hydrogen (secondary N) is 2. The summed E-state index contributed by atoms with van der Waals surface area (Å²) in [7, 11) is -4.38. The summed E-state index contributed by atoms with van der Waals surface area (Å²) in [6, 6.07) is 21.6. The second-order valence-corrected chi connectivity index (χ2v) is 12.6. The van der Waals surface area contributed by atoms with Gasteiger partial charge in [-0.3, -0.25) is 23.7 Å². The minimum absolute atomic E-state index is 0.00682. The van der Waals surface area contributed by atoms with E-state index in [4.69, 9.17) is 30.7 Å². The van der Waals surface area contributed by atoms with Crippen LogP contribution in [0.3, 0.4) is 0 Å². The molecule has 4 N–H and O–H groups in total. The van der Waals surface area contributed by atoms with Crippen LogP contribution in [0.2, 0.25) is 0 Å². The summed E-state index contributed by atoms with van der Waals surface area (Å²) in [5.41, 5.74) is -1.55. The Morgan fingerprint density at radius 3 is 2.59 bits per heavy atom. The highest BCUT2D eigenvalue weighted by molar-refractivity contribution is 7.71. The zero-order valence-electron chi connectivity index (χ0n) is 23.9. The Bertz CT molecular complexity index is 1790. The molecule has 0 spiro atoms. The Labute approximate surface area is 257 Å². The molecule has 1 aromatic heterocycles. The van der Waals surface area contributed by atoms with Gasteiger partial charge >= 0.3 is 13.7 Å². The second kappa shape index (κ2) is 13.1. The van der Waals surface area contributed by atoms with E-state index in [1.165, 1.54) is 30.7 Å². The van der Waals surface area contributed by atoms with Gasteiger partial charge in [-0.15, -0.1) is 0 Å². The molecule has 14 heteroatoms. The first-order valence-corrected chi connectivity index (χ1v) is 15.7. The predicted molar refractivity (Wildman–Crippen MR) is 163 cm³/mol. The molecule has 1 fully saturated rings. The Hall–Kier alpha value is -3.68. The number of aliphatic hydroxyl groups excluding tert-OH is 1. The van der Waals surface area contributed by atoms with Gasteiger partial charge in [-0.1, -0.05) is 66.7 Å². The van der Waals surface area contributed by atoms with Crippen LogP contribution in [0.1, 0.15) is 25.6 Å². The smallest absolute Gasteiger partial charge is 0.459 e. The third-order valence-corrected chi connectivity index (χ3v) is 9.11. The molecule has 1 saturated heterocycles. The summed E-state index contributed by atoms with van der Waals surface area (Å²) in [4.78, 5) is 26.9. The van der Waals surface area contributed by atoms with Gasteiger partial charge < -0.3 is 24.2 Å². The molecule has 1 aliphatic rings. The van der Waals surface area contributed by atoms with Crippen molar-refractivity contribution in [1.29, 1.82) is 0 Å². The van der Waals surface area contributed by atoms with E-state index in [1.54, 1.807) is 36.4 Å². The highest BCUT2D eigenvalue weighted by Gasteiger charge is 2.54. The predicted octanol–water partition coefficient (Wildman–Crippen LogP) is 3.99. The van der Waals surface area contributed by atoms with Crippen molar-refractivity contribution in [2.75, 3.05) is 6.61 Å². The molecule has 0 aliphatic carbocycles. The van der Waals surface area contributed by atoms with Gasteiger partial charge in [0.15, 0.2) is 11.0 Å². The van der Waals surface area contributed by atoms with Crippen LogP contribution in [0.25, 0.3) is 10.8 Å². The number of aromatic nitrogens is 2. The molecular formula is C30H32N3O9PS.